The maximum absolute atomic E-state index is 12.7. The Bertz CT molecular complexity index is 5950. The first-order valence-electron chi connectivity index (χ1n) is 50.2. The van der Waals surface area contributed by atoms with Crippen LogP contribution in [0.3, 0.4) is 0 Å². The predicted octanol–water partition coefficient (Wildman–Crippen LogP) is 29.9. The zero-order valence-electron chi connectivity index (χ0n) is 83.7. The van der Waals surface area contributed by atoms with E-state index in [-0.39, 0.29) is 38.9 Å². The summed E-state index contributed by atoms with van der Waals surface area (Å²) >= 11 is 26.0. The minimum absolute atomic E-state index is 0.0665. The molecule has 0 saturated carbocycles. The van der Waals surface area contributed by atoms with Crippen molar-refractivity contribution < 1.29 is 25.3 Å². The molecular weight excluding hydrogens is 1840 g/mol. The third-order valence-corrected chi connectivity index (χ3v) is 29.8. The highest BCUT2D eigenvalue weighted by Gasteiger charge is 2.30. The molecule has 0 aliphatic rings. The number of hydrogen-bond acceptors (Lipinski definition) is 14. The summed E-state index contributed by atoms with van der Waals surface area (Å²) in [5.74, 6) is 2.52. The van der Waals surface area contributed by atoms with Crippen LogP contribution < -0.4 is 14.2 Å². The fraction of sp³-hybridized carbons (Fsp3) is 0.612. The standard InChI is InChI=1S/C32H52ClN5O2S.C30H48ClN5O2S.C26H40ClN5O2S.C15H17ClN4/c1-5-6-7-8-9-10-11-12-13-14-15-16-17-18-19-20-24-41(39,40)37-27-23-21-22-26(25-27)30-34-31-28(33)29(32(2,3)4)35-38(31)36-30;1-5-6-7-8-9-10-11-12-13-14-15-16-17-18-22-39(37,38)35-25-21-19-20-24(23-25)28-32-29-26(31)27(30(2,3)4)33-36(29)34-28;1-5-6-7-8-9-10-11-12-13-14-18-35(33,34)31-21-17-15-16-20(19-21)24-28-25-22(27)23(26(2,3)4)29-32(25)30-24;1-9-6-5-7-10(8-9)13-17-14-11(16)12(15(2,3)4)18-20(14)19-13/h21-23,25,35,37H,5-20,24H2,1-4H3;19-21,23,33,35H,5-18,22H2,1-4H3;15-17,19,29,31H,5-14,18H2,1-4H3;5-8,18H,1-4H3. The van der Waals surface area contributed by atoms with Crippen molar-refractivity contribution in [2.75, 3.05) is 31.4 Å². The van der Waals surface area contributed by atoms with Crippen molar-refractivity contribution in [2.45, 2.75) is 389 Å². The Balaban J connectivity index is 0.000000207. The average molecular weight is 2000 g/mol. The summed E-state index contributed by atoms with van der Waals surface area (Å²) in [4.78, 5) is 18.3. The second kappa shape index (κ2) is 53.4. The third-order valence-electron chi connectivity index (χ3n) is 24.2. The largest absolute Gasteiger partial charge is 0.284 e. The van der Waals surface area contributed by atoms with Gasteiger partial charge in [0.25, 0.3) is 0 Å². The van der Waals surface area contributed by atoms with Crippen LogP contribution in [0.25, 0.3) is 68.1 Å². The number of hydrogen-bond donors (Lipinski definition) is 7. The van der Waals surface area contributed by atoms with E-state index in [0.29, 0.717) is 102 Å². The van der Waals surface area contributed by atoms with E-state index in [1.54, 1.807) is 73.1 Å². The van der Waals surface area contributed by atoms with Crippen LogP contribution in [-0.4, -0.2) is 122 Å². The van der Waals surface area contributed by atoms with Crippen LogP contribution in [0.5, 0.6) is 0 Å². The number of aryl methyl sites for hydroxylation is 1. The van der Waals surface area contributed by atoms with E-state index in [9.17, 15) is 25.3 Å². The zero-order chi connectivity index (χ0) is 98.0. The molecule has 0 amide bonds. The van der Waals surface area contributed by atoms with E-state index in [1.807, 2.05) is 30.3 Å². The van der Waals surface area contributed by atoms with E-state index >= 15 is 0 Å². The molecular formula is C103H157Cl4N19O6S3. The molecule has 8 heterocycles. The molecule has 0 fully saturated rings. The van der Waals surface area contributed by atoms with Gasteiger partial charge in [-0.2, -0.15) is 18.5 Å². The number of nitrogens with zero attached hydrogens (tertiary/aromatic N) is 12. The highest BCUT2D eigenvalue weighted by molar-refractivity contribution is 7.93. The van der Waals surface area contributed by atoms with Crippen molar-refractivity contribution in [3.05, 3.63) is 145 Å². The molecule has 0 aliphatic carbocycles. The van der Waals surface area contributed by atoms with Gasteiger partial charge < -0.3 is 0 Å². The fourth-order valence-corrected chi connectivity index (χ4v) is 21.7. The summed E-state index contributed by atoms with van der Waals surface area (Å²) in [5.41, 5.74) is 11.2. The van der Waals surface area contributed by atoms with Crippen LogP contribution in [0.1, 0.15) is 389 Å². The van der Waals surface area contributed by atoms with Crippen molar-refractivity contribution in [1.29, 1.82) is 0 Å². The third kappa shape index (κ3) is 36.0. The van der Waals surface area contributed by atoms with E-state index < -0.39 is 30.1 Å². The summed E-state index contributed by atoms with van der Waals surface area (Å²) in [5, 5.41) is 33.2. The normalized spacial score (nSPS) is 12.4. The summed E-state index contributed by atoms with van der Waals surface area (Å²) in [6, 6.07) is 29.6. The number of fused-ring (bicyclic) bond motifs is 4. The van der Waals surface area contributed by atoms with Crippen LogP contribution in [0.15, 0.2) is 97.1 Å². The molecule has 0 unspecified atom stereocenters. The molecule has 4 aromatic carbocycles. The molecule has 0 saturated heterocycles. The van der Waals surface area contributed by atoms with Gasteiger partial charge in [-0.1, -0.05) is 448 Å². The highest BCUT2D eigenvalue weighted by atomic mass is 35.5. The number of aromatic nitrogens is 16. The number of rotatable bonds is 53. The van der Waals surface area contributed by atoms with Crippen LogP contribution >= 0.6 is 46.4 Å². The summed E-state index contributed by atoms with van der Waals surface area (Å²) in [7, 11) is -10.2. The summed E-state index contributed by atoms with van der Waals surface area (Å²) < 4.78 is 90.5. The van der Waals surface area contributed by atoms with Crippen LogP contribution in [0, 0.1) is 6.92 Å². The first kappa shape index (κ1) is 111. The van der Waals surface area contributed by atoms with E-state index in [4.69, 9.17) is 46.4 Å². The number of sulfonamides is 3. The van der Waals surface area contributed by atoms with Gasteiger partial charge >= 0.3 is 0 Å². The molecule has 0 atom stereocenters. The maximum Gasteiger partial charge on any atom is 0.232 e. The first-order valence-corrected chi connectivity index (χ1v) is 56.6. The molecule has 12 aromatic rings. The van der Waals surface area contributed by atoms with Crippen LogP contribution in [-0.2, 0) is 51.7 Å². The van der Waals surface area contributed by atoms with Crippen molar-refractivity contribution in [2.24, 2.45) is 0 Å². The molecule has 7 N–H and O–H groups in total. The van der Waals surface area contributed by atoms with Gasteiger partial charge in [0.2, 0.25) is 30.1 Å². The molecule has 0 bridgehead atoms. The van der Waals surface area contributed by atoms with Gasteiger partial charge in [0.15, 0.2) is 45.9 Å². The second-order valence-corrected chi connectivity index (χ2v) is 47.9. The number of aromatic amines is 4. The first-order chi connectivity index (χ1) is 64.2. The lowest BCUT2D eigenvalue weighted by Gasteiger charge is -2.16. The van der Waals surface area contributed by atoms with Gasteiger partial charge in [-0.05, 0) is 68.7 Å². The Kier molecular flexibility index (Phi) is 43.8. The number of benzene rings is 4. The quantitative estimate of drug-likeness (QED) is 0.0174. The Morgan fingerprint density at radius 3 is 0.644 bits per heavy atom. The zero-order valence-corrected chi connectivity index (χ0v) is 89.2. The van der Waals surface area contributed by atoms with Gasteiger partial charge in [0.05, 0.1) is 40.0 Å². The molecule has 32 heteroatoms. The Morgan fingerprint density at radius 2 is 0.459 bits per heavy atom. The lowest BCUT2D eigenvalue weighted by Crippen LogP contribution is -2.16. The molecule has 0 spiro atoms. The van der Waals surface area contributed by atoms with Gasteiger partial charge in [-0.25, -0.2) is 45.2 Å². The van der Waals surface area contributed by atoms with Crippen LogP contribution in [0.4, 0.5) is 17.1 Å². The average Bonchev–Trinajstić information content (AvgIpc) is 1.63. The maximum atomic E-state index is 12.7. The smallest absolute Gasteiger partial charge is 0.232 e. The molecule has 0 radical (unpaired) electrons. The second-order valence-electron chi connectivity index (χ2n) is 40.8. The van der Waals surface area contributed by atoms with E-state index in [1.165, 1.54) is 205 Å². The number of nitrogens with one attached hydrogen (secondary N) is 7. The number of unbranched alkanes of at least 4 members (excludes halogenated alkanes) is 37. The number of anilines is 3. The van der Waals surface area contributed by atoms with Gasteiger partial charge in [-0.15, -0.1) is 20.4 Å². The van der Waals surface area contributed by atoms with E-state index in [2.05, 4.69) is 198 Å². The molecule has 12 rings (SSSR count). The Hall–Kier alpha value is -7.99. The summed E-state index contributed by atoms with van der Waals surface area (Å²) in [6.07, 6.45) is 49.4. The number of halogens is 4. The Labute approximate surface area is 826 Å². The molecule has 25 nitrogen and oxygen atoms in total. The monoisotopic (exact) mass is 1990 g/mol. The molecule has 135 heavy (non-hydrogen) atoms. The highest BCUT2D eigenvalue weighted by Crippen LogP contribution is 2.38. The van der Waals surface area contributed by atoms with Gasteiger partial charge in [-0.3, -0.25) is 34.6 Å². The van der Waals surface area contributed by atoms with Gasteiger partial charge in [0, 0.05) is 61.0 Å². The molecule has 746 valence electrons. The Morgan fingerprint density at radius 1 is 0.274 bits per heavy atom. The summed E-state index contributed by atoms with van der Waals surface area (Å²) in [6.45, 7) is 33.7. The molecule has 8 aromatic heterocycles. The molecule has 0 aliphatic heterocycles. The van der Waals surface area contributed by atoms with E-state index in [0.717, 1.165) is 83.6 Å². The SMILES string of the molecule is CCCCCCCCCCCCCCCCCCS(=O)(=O)Nc1cccc(-c2nc3c(Cl)c(C(C)(C)C)[nH]n3n2)c1.CCCCCCCCCCCCCCCCS(=O)(=O)Nc1cccc(-c2nc3c(Cl)c(C(C)(C)C)[nH]n3n2)c1.CCCCCCCCCCCCS(=O)(=O)Nc1cccc(-c2nc3c(Cl)c(C(C)(C)C)[nH]n3n2)c1.Cc1cccc(-c2nc3c(Cl)c(C(C)(C)C)[nH]n3n2)c1. The van der Waals surface area contributed by atoms with Gasteiger partial charge in [0.1, 0.15) is 20.1 Å². The van der Waals surface area contributed by atoms with Crippen molar-refractivity contribution >= 4 is 116 Å². The minimum Gasteiger partial charge on any atom is -0.284 e. The van der Waals surface area contributed by atoms with Crippen molar-refractivity contribution in [3.8, 4) is 45.6 Å². The van der Waals surface area contributed by atoms with Crippen LogP contribution in [0.2, 0.25) is 20.1 Å². The predicted molar refractivity (Wildman–Crippen MR) is 565 cm³/mol. The topological polar surface area (TPSA) is 322 Å². The minimum atomic E-state index is -3.42. The van der Waals surface area contributed by atoms with Crippen molar-refractivity contribution in [1.82, 2.24) is 79.2 Å². The lowest BCUT2D eigenvalue weighted by molar-refractivity contribution is 0.531. The lowest BCUT2D eigenvalue weighted by atomic mass is 9.92. The fourth-order valence-electron chi connectivity index (χ4n) is 16.4. The number of H-pyrrole nitrogens is 4. The van der Waals surface area contributed by atoms with Crippen molar-refractivity contribution in [3.63, 3.8) is 0 Å².